The summed E-state index contributed by atoms with van der Waals surface area (Å²) in [5.41, 5.74) is 1.34. The van der Waals surface area contributed by atoms with Crippen LogP contribution in [0.15, 0.2) is 65.6 Å². The lowest BCUT2D eigenvalue weighted by Crippen LogP contribution is -2.35. The molecule has 0 radical (unpaired) electrons. The molecule has 1 amide bonds. The molecule has 3 aromatic rings. The molecule has 1 atom stereocenters. The quantitative estimate of drug-likeness (QED) is 0.386. The molecule has 0 spiro atoms. The van der Waals surface area contributed by atoms with Gasteiger partial charge < -0.3 is 20.1 Å². The van der Waals surface area contributed by atoms with E-state index in [2.05, 4.69) is 15.4 Å². The Morgan fingerprint density at radius 3 is 2.26 bits per heavy atom. The van der Waals surface area contributed by atoms with Crippen molar-refractivity contribution in [1.82, 2.24) is 5.32 Å². The molecule has 0 unspecified atom stereocenters. The van der Waals surface area contributed by atoms with Crippen LogP contribution in [0.25, 0.3) is 11.1 Å². The van der Waals surface area contributed by atoms with Crippen LogP contribution >= 0.6 is 12.4 Å². The van der Waals surface area contributed by atoms with E-state index in [4.69, 9.17) is 9.47 Å². The number of carbonyl (C=O) groups is 1. The molecule has 35 heavy (non-hydrogen) atoms. The third-order valence-electron chi connectivity index (χ3n) is 5.19. The minimum atomic E-state index is -4.01. The van der Waals surface area contributed by atoms with Gasteiger partial charge in [-0.3, -0.25) is 9.52 Å². The van der Waals surface area contributed by atoms with Crippen molar-refractivity contribution in [3.05, 3.63) is 66.5 Å². The molecule has 0 heterocycles. The minimum absolute atomic E-state index is 0. The first-order chi connectivity index (χ1) is 16.2. The van der Waals surface area contributed by atoms with E-state index >= 15 is 0 Å². The van der Waals surface area contributed by atoms with Crippen LogP contribution in [-0.2, 0) is 14.8 Å². The highest BCUT2D eigenvalue weighted by molar-refractivity contribution is 7.92. The topological polar surface area (TPSA) is 106 Å². The second-order valence-corrected chi connectivity index (χ2v) is 9.07. The van der Waals surface area contributed by atoms with E-state index in [0.29, 0.717) is 17.0 Å². The fourth-order valence-electron chi connectivity index (χ4n) is 3.12. The summed E-state index contributed by atoms with van der Waals surface area (Å²) in [6, 6.07) is 14.3. The van der Waals surface area contributed by atoms with Crippen molar-refractivity contribution in [3.63, 3.8) is 0 Å². The summed E-state index contributed by atoms with van der Waals surface area (Å²) in [5.74, 6) is 0.0313. The predicted molar refractivity (Wildman–Crippen MR) is 137 cm³/mol. The number of hydrogen-bond acceptors (Lipinski definition) is 6. The lowest BCUT2D eigenvalue weighted by Gasteiger charge is -2.15. The maximum absolute atomic E-state index is 14.3. The van der Waals surface area contributed by atoms with Crippen molar-refractivity contribution in [1.29, 1.82) is 0 Å². The number of anilines is 2. The third kappa shape index (κ3) is 6.62. The Morgan fingerprint density at radius 2 is 1.66 bits per heavy atom. The molecule has 0 aliphatic rings. The molecule has 0 saturated heterocycles. The number of benzene rings is 3. The Labute approximate surface area is 210 Å². The summed E-state index contributed by atoms with van der Waals surface area (Å²) >= 11 is 0. The van der Waals surface area contributed by atoms with Gasteiger partial charge in [0, 0.05) is 11.3 Å². The number of hydrogen-bond donors (Lipinski definition) is 3. The van der Waals surface area contributed by atoms with E-state index in [0.717, 1.165) is 0 Å². The molecule has 188 valence electrons. The van der Waals surface area contributed by atoms with Gasteiger partial charge in [-0.25, -0.2) is 12.8 Å². The number of sulfonamides is 1. The van der Waals surface area contributed by atoms with Crippen LogP contribution in [0.2, 0.25) is 0 Å². The molecule has 3 aromatic carbocycles. The Bertz CT molecular complexity index is 1290. The number of ether oxygens (including phenoxy) is 2. The zero-order valence-corrected chi connectivity index (χ0v) is 21.2. The Hall–Kier alpha value is -3.34. The average molecular weight is 524 g/mol. The van der Waals surface area contributed by atoms with Crippen LogP contribution in [-0.4, -0.2) is 41.6 Å². The van der Waals surface area contributed by atoms with Gasteiger partial charge in [-0.15, -0.1) is 12.4 Å². The fraction of sp³-hybridized carbons (Fsp3) is 0.208. The lowest BCUT2D eigenvalue weighted by atomic mass is 10.1. The number of halogens is 2. The number of methoxy groups -OCH3 is 2. The fourth-order valence-corrected chi connectivity index (χ4v) is 4.18. The number of nitrogens with one attached hydrogen (secondary N) is 3. The summed E-state index contributed by atoms with van der Waals surface area (Å²) in [4.78, 5) is 12.1. The van der Waals surface area contributed by atoms with Crippen molar-refractivity contribution in [2.24, 2.45) is 0 Å². The number of carbonyl (C=O) groups excluding carboxylic acids is 1. The molecule has 0 fully saturated rings. The second kappa shape index (κ2) is 11.9. The summed E-state index contributed by atoms with van der Waals surface area (Å²) in [6.07, 6.45) is 0. The maximum Gasteiger partial charge on any atom is 0.262 e. The highest BCUT2D eigenvalue weighted by atomic mass is 35.5. The van der Waals surface area contributed by atoms with Crippen LogP contribution in [0.3, 0.4) is 0 Å². The number of amides is 1. The van der Waals surface area contributed by atoms with Gasteiger partial charge in [-0.1, -0.05) is 12.1 Å². The smallest absolute Gasteiger partial charge is 0.262 e. The molecule has 0 saturated carbocycles. The van der Waals surface area contributed by atoms with Crippen molar-refractivity contribution in [2.45, 2.75) is 17.9 Å². The second-order valence-electron chi connectivity index (χ2n) is 7.39. The van der Waals surface area contributed by atoms with Gasteiger partial charge in [0.25, 0.3) is 10.0 Å². The van der Waals surface area contributed by atoms with Crippen LogP contribution in [0.5, 0.6) is 11.5 Å². The number of rotatable bonds is 9. The molecular formula is C24H27ClFN3O5S. The standard InChI is InChI=1S/C24H26FN3O5S.ClH/c1-15(26-2)24(29)27-17-7-12-23(33-4)22(13-17)28-34(30,31)19-9-5-16(6-10-19)20-14-18(32-3)8-11-21(20)25;/h5-15,26,28H,1-4H3,(H,27,29);1H/t15-;/m0./s1. The van der Waals surface area contributed by atoms with Crippen molar-refractivity contribution in [2.75, 3.05) is 31.3 Å². The van der Waals surface area contributed by atoms with Crippen LogP contribution < -0.4 is 24.8 Å². The molecule has 3 rings (SSSR count). The molecule has 3 N–H and O–H groups in total. The van der Waals surface area contributed by atoms with E-state index < -0.39 is 21.9 Å². The minimum Gasteiger partial charge on any atom is -0.497 e. The first kappa shape index (κ1) is 27.9. The highest BCUT2D eigenvalue weighted by Gasteiger charge is 2.19. The normalized spacial score (nSPS) is 11.7. The molecule has 0 aliphatic carbocycles. The molecule has 0 bridgehead atoms. The molecule has 0 aliphatic heterocycles. The largest absolute Gasteiger partial charge is 0.497 e. The van der Waals surface area contributed by atoms with Gasteiger partial charge in [0.1, 0.15) is 17.3 Å². The Kier molecular flexibility index (Phi) is 9.47. The summed E-state index contributed by atoms with van der Waals surface area (Å²) in [7, 11) is 0.540. The Morgan fingerprint density at radius 1 is 0.971 bits per heavy atom. The molecule has 8 nitrogen and oxygen atoms in total. The van der Waals surface area contributed by atoms with E-state index in [1.165, 1.54) is 62.8 Å². The summed E-state index contributed by atoms with van der Waals surface area (Å²) in [5, 5.41) is 5.54. The lowest BCUT2D eigenvalue weighted by molar-refractivity contribution is -0.117. The highest BCUT2D eigenvalue weighted by Crippen LogP contribution is 2.31. The van der Waals surface area contributed by atoms with Crippen molar-refractivity contribution < 1.29 is 27.1 Å². The zero-order valence-electron chi connectivity index (χ0n) is 19.6. The maximum atomic E-state index is 14.3. The van der Waals surface area contributed by atoms with Crippen LogP contribution in [0, 0.1) is 5.82 Å². The van der Waals surface area contributed by atoms with E-state index in [-0.39, 0.29) is 40.2 Å². The molecule has 11 heteroatoms. The van der Waals surface area contributed by atoms with Crippen LogP contribution in [0.1, 0.15) is 6.92 Å². The van der Waals surface area contributed by atoms with Gasteiger partial charge in [0.15, 0.2) is 0 Å². The van der Waals surface area contributed by atoms with E-state index in [9.17, 15) is 17.6 Å². The Balaban J connectivity index is 0.00000432. The van der Waals surface area contributed by atoms with Gasteiger partial charge >= 0.3 is 0 Å². The summed E-state index contributed by atoms with van der Waals surface area (Å²) in [6.45, 7) is 1.70. The third-order valence-corrected chi connectivity index (χ3v) is 6.57. The average Bonchev–Trinajstić information content (AvgIpc) is 2.84. The zero-order chi connectivity index (χ0) is 24.9. The van der Waals surface area contributed by atoms with Gasteiger partial charge in [-0.2, -0.15) is 0 Å². The first-order valence-electron chi connectivity index (χ1n) is 10.3. The van der Waals surface area contributed by atoms with Crippen LogP contribution in [0.4, 0.5) is 15.8 Å². The molecular weight excluding hydrogens is 497 g/mol. The predicted octanol–water partition coefficient (Wildman–Crippen LogP) is 4.28. The molecule has 0 aromatic heterocycles. The SMILES string of the molecule is CN[C@@H](C)C(=O)Nc1ccc(OC)c(NS(=O)(=O)c2ccc(-c3cc(OC)ccc3F)cc2)c1.Cl. The van der Waals surface area contributed by atoms with E-state index in [1.54, 1.807) is 26.1 Å². The van der Waals surface area contributed by atoms with Gasteiger partial charge in [-0.05, 0) is 68.1 Å². The number of likely N-dealkylation sites (N-methyl/N-ethyl adjacent to an activating group) is 1. The monoisotopic (exact) mass is 523 g/mol. The van der Waals surface area contributed by atoms with E-state index in [1.807, 2.05) is 0 Å². The first-order valence-corrected chi connectivity index (χ1v) is 11.8. The summed E-state index contributed by atoms with van der Waals surface area (Å²) < 4.78 is 53.2. The van der Waals surface area contributed by atoms with Gasteiger partial charge in [0.05, 0.1) is 30.8 Å². The van der Waals surface area contributed by atoms with Crippen molar-refractivity contribution in [3.8, 4) is 22.6 Å². The van der Waals surface area contributed by atoms with Crippen molar-refractivity contribution >= 4 is 39.7 Å². The van der Waals surface area contributed by atoms with Gasteiger partial charge in [0.2, 0.25) is 5.91 Å².